The zero-order chi connectivity index (χ0) is 18.2. The van der Waals surface area contributed by atoms with Crippen molar-refractivity contribution in [2.75, 3.05) is 31.1 Å². The summed E-state index contributed by atoms with van der Waals surface area (Å²) in [7, 11) is 0. The van der Waals surface area contributed by atoms with Crippen molar-refractivity contribution in [3.63, 3.8) is 0 Å². The van der Waals surface area contributed by atoms with Crippen LogP contribution in [0.2, 0.25) is 5.02 Å². The van der Waals surface area contributed by atoms with Crippen LogP contribution in [0.5, 0.6) is 0 Å². The monoisotopic (exact) mass is 425 g/mol. The molecule has 7 heteroatoms. The van der Waals surface area contributed by atoms with Crippen LogP contribution in [0.3, 0.4) is 0 Å². The highest BCUT2D eigenvalue weighted by molar-refractivity contribution is 9.10. The van der Waals surface area contributed by atoms with E-state index in [-0.39, 0.29) is 6.09 Å². The first-order valence-corrected chi connectivity index (χ1v) is 9.38. The third-order valence-electron chi connectivity index (χ3n) is 4.02. The molecule has 0 spiro atoms. The fourth-order valence-electron chi connectivity index (χ4n) is 2.83. The molecule has 1 aliphatic heterocycles. The van der Waals surface area contributed by atoms with Crippen LogP contribution in [0.15, 0.2) is 28.9 Å². The number of hydrogen-bond acceptors (Lipinski definition) is 4. The molecule has 0 unspecified atom stereocenters. The molecule has 1 aromatic heterocycles. The summed E-state index contributed by atoms with van der Waals surface area (Å²) < 4.78 is 6.30. The minimum Gasteiger partial charge on any atom is -0.444 e. The maximum Gasteiger partial charge on any atom is 0.410 e. The van der Waals surface area contributed by atoms with Crippen LogP contribution in [0.1, 0.15) is 20.8 Å². The van der Waals surface area contributed by atoms with Gasteiger partial charge in [0.15, 0.2) is 0 Å². The van der Waals surface area contributed by atoms with Gasteiger partial charge in [0.2, 0.25) is 0 Å². The fourth-order valence-corrected chi connectivity index (χ4v) is 3.35. The van der Waals surface area contributed by atoms with Gasteiger partial charge in [-0.15, -0.1) is 0 Å². The maximum absolute atomic E-state index is 12.2. The van der Waals surface area contributed by atoms with E-state index in [2.05, 4.69) is 25.8 Å². The third-order valence-corrected chi connectivity index (χ3v) is 5.21. The maximum atomic E-state index is 12.2. The molecule has 2 heterocycles. The Labute approximate surface area is 161 Å². The van der Waals surface area contributed by atoms with E-state index in [1.54, 1.807) is 11.1 Å². The lowest BCUT2D eigenvalue weighted by Gasteiger charge is -2.36. The van der Waals surface area contributed by atoms with E-state index >= 15 is 0 Å². The van der Waals surface area contributed by atoms with Crippen LogP contribution in [0.4, 0.5) is 10.6 Å². The summed E-state index contributed by atoms with van der Waals surface area (Å²) in [5.41, 5.74) is -0.475. The first-order chi connectivity index (χ1) is 11.7. The average Bonchev–Trinajstić information content (AvgIpc) is 2.54. The number of anilines is 1. The average molecular weight is 427 g/mol. The summed E-state index contributed by atoms with van der Waals surface area (Å²) in [6, 6.07) is 5.89. The van der Waals surface area contributed by atoms with E-state index in [1.807, 2.05) is 39.0 Å². The molecular weight excluding hydrogens is 406 g/mol. The van der Waals surface area contributed by atoms with Gasteiger partial charge in [-0.25, -0.2) is 9.78 Å². The second kappa shape index (κ2) is 7.00. The second-order valence-electron chi connectivity index (χ2n) is 7.08. The largest absolute Gasteiger partial charge is 0.444 e. The van der Waals surface area contributed by atoms with Gasteiger partial charge < -0.3 is 14.5 Å². The smallest absolute Gasteiger partial charge is 0.410 e. The number of benzene rings is 1. The van der Waals surface area contributed by atoms with E-state index in [4.69, 9.17) is 16.3 Å². The number of hydrogen-bond donors (Lipinski definition) is 0. The molecule has 5 nitrogen and oxygen atoms in total. The number of piperazine rings is 1. The Bertz CT molecular complexity index is 799. The zero-order valence-electron chi connectivity index (χ0n) is 14.6. The lowest BCUT2D eigenvalue weighted by molar-refractivity contribution is 0.0240. The van der Waals surface area contributed by atoms with Gasteiger partial charge in [0, 0.05) is 42.2 Å². The summed E-state index contributed by atoms with van der Waals surface area (Å²) in [5.74, 6) is 0.915. The van der Waals surface area contributed by atoms with Crippen molar-refractivity contribution in [1.29, 1.82) is 0 Å². The van der Waals surface area contributed by atoms with Gasteiger partial charge >= 0.3 is 6.09 Å². The van der Waals surface area contributed by atoms with Crippen LogP contribution >= 0.6 is 27.5 Å². The van der Waals surface area contributed by atoms with Gasteiger partial charge in [-0.2, -0.15) is 0 Å². The third kappa shape index (κ3) is 4.18. The Balaban J connectivity index is 1.76. The minimum atomic E-state index is -0.475. The number of carbonyl (C=O) groups is 1. The molecule has 0 bridgehead atoms. The van der Waals surface area contributed by atoms with Crippen LogP contribution < -0.4 is 4.90 Å². The highest BCUT2D eigenvalue weighted by Gasteiger charge is 2.26. The quantitative estimate of drug-likeness (QED) is 0.662. The van der Waals surface area contributed by atoms with Crippen molar-refractivity contribution >= 4 is 50.2 Å². The van der Waals surface area contributed by atoms with E-state index < -0.39 is 5.60 Å². The molecule has 134 valence electrons. The number of aromatic nitrogens is 1. The highest BCUT2D eigenvalue weighted by Crippen LogP contribution is 2.32. The molecule has 1 fully saturated rings. The molecular formula is C18H21BrClN3O2. The molecule has 0 saturated carbocycles. The predicted molar refractivity (Wildman–Crippen MR) is 104 cm³/mol. The van der Waals surface area contributed by atoms with Crippen LogP contribution in [-0.2, 0) is 4.74 Å². The SMILES string of the molecule is CC(C)(C)OC(=O)N1CCN(c2nccc3cc(Cl)c(Br)cc23)CC1. The molecule has 0 radical (unpaired) electrons. The van der Waals surface area contributed by atoms with Crippen molar-refractivity contribution in [3.05, 3.63) is 33.9 Å². The second-order valence-corrected chi connectivity index (χ2v) is 8.34. The van der Waals surface area contributed by atoms with Gasteiger partial charge in [0.1, 0.15) is 11.4 Å². The number of fused-ring (bicyclic) bond motifs is 1. The lowest BCUT2D eigenvalue weighted by atomic mass is 10.1. The Morgan fingerprint density at radius 3 is 2.56 bits per heavy atom. The first kappa shape index (κ1) is 18.3. The standard InChI is InChI=1S/C18H21BrClN3O2/c1-18(2,3)25-17(24)23-8-6-22(7-9-23)16-13-11-14(19)15(20)10-12(13)4-5-21-16/h4-5,10-11H,6-9H2,1-3H3. The molecule has 1 saturated heterocycles. The van der Waals surface area contributed by atoms with E-state index in [0.29, 0.717) is 31.2 Å². The summed E-state index contributed by atoms with van der Waals surface area (Å²) in [6.07, 6.45) is 1.54. The normalized spacial score (nSPS) is 15.6. The molecule has 3 rings (SSSR count). The molecule has 0 aliphatic carbocycles. The van der Waals surface area contributed by atoms with Crippen molar-refractivity contribution in [2.24, 2.45) is 0 Å². The highest BCUT2D eigenvalue weighted by atomic mass is 79.9. The molecule has 25 heavy (non-hydrogen) atoms. The number of halogens is 2. The van der Waals surface area contributed by atoms with Crippen molar-refractivity contribution in [2.45, 2.75) is 26.4 Å². The van der Waals surface area contributed by atoms with Crippen LogP contribution in [-0.4, -0.2) is 47.8 Å². The number of amides is 1. The lowest BCUT2D eigenvalue weighted by Crippen LogP contribution is -2.50. The van der Waals surface area contributed by atoms with Gasteiger partial charge in [-0.3, -0.25) is 0 Å². The van der Waals surface area contributed by atoms with Crippen LogP contribution in [0.25, 0.3) is 10.8 Å². The molecule has 2 aromatic rings. The number of nitrogens with zero attached hydrogens (tertiary/aromatic N) is 3. The topological polar surface area (TPSA) is 45.7 Å². The van der Waals surface area contributed by atoms with Gasteiger partial charge in [0.25, 0.3) is 0 Å². The summed E-state index contributed by atoms with van der Waals surface area (Å²) in [5, 5.41) is 2.77. The molecule has 1 aliphatic rings. The van der Waals surface area contributed by atoms with Crippen molar-refractivity contribution in [3.8, 4) is 0 Å². The van der Waals surface area contributed by atoms with Gasteiger partial charge in [-0.1, -0.05) is 11.6 Å². The van der Waals surface area contributed by atoms with E-state index in [0.717, 1.165) is 21.1 Å². The summed E-state index contributed by atoms with van der Waals surface area (Å²) in [4.78, 5) is 20.7. The molecule has 1 amide bonds. The van der Waals surface area contributed by atoms with E-state index in [9.17, 15) is 4.79 Å². The number of carbonyl (C=O) groups excluding carboxylic acids is 1. The summed E-state index contributed by atoms with van der Waals surface area (Å²) in [6.45, 7) is 8.29. The minimum absolute atomic E-state index is 0.257. The van der Waals surface area contributed by atoms with Crippen LogP contribution in [0, 0.1) is 0 Å². The number of rotatable bonds is 1. The fraction of sp³-hybridized carbons (Fsp3) is 0.444. The Hall–Kier alpha value is -1.53. The Morgan fingerprint density at radius 1 is 1.24 bits per heavy atom. The van der Waals surface area contributed by atoms with Gasteiger partial charge in [0.05, 0.1) is 5.02 Å². The zero-order valence-corrected chi connectivity index (χ0v) is 16.9. The Morgan fingerprint density at radius 2 is 1.92 bits per heavy atom. The van der Waals surface area contributed by atoms with Crippen molar-refractivity contribution < 1.29 is 9.53 Å². The van der Waals surface area contributed by atoms with E-state index in [1.165, 1.54) is 0 Å². The predicted octanol–water partition coefficient (Wildman–Crippen LogP) is 4.71. The number of pyridine rings is 1. The Kier molecular flexibility index (Phi) is 5.11. The number of ether oxygens (including phenoxy) is 1. The van der Waals surface area contributed by atoms with Gasteiger partial charge in [-0.05, 0) is 60.3 Å². The molecule has 1 aromatic carbocycles. The van der Waals surface area contributed by atoms with Crippen molar-refractivity contribution in [1.82, 2.24) is 9.88 Å². The summed E-state index contributed by atoms with van der Waals surface area (Å²) >= 11 is 9.68. The first-order valence-electron chi connectivity index (χ1n) is 8.21. The molecule has 0 atom stereocenters. The molecule has 0 N–H and O–H groups in total.